The quantitative estimate of drug-likeness (QED) is 0.470. The molecule has 1 unspecified atom stereocenters. The highest BCUT2D eigenvalue weighted by Gasteiger charge is 2.39. The monoisotopic (exact) mass is 424 g/mol. The van der Waals surface area contributed by atoms with Crippen LogP contribution in [0.3, 0.4) is 0 Å². The lowest BCUT2D eigenvalue weighted by atomic mass is 9.81. The predicted molar refractivity (Wildman–Crippen MR) is 113 cm³/mol. The first kappa shape index (κ1) is 18.6. The third kappa shape index (κ3) is 3.42. The summed E-state index contributed by atoms with van der Waals surface area (Å²) < 4.78 is 22.0. The van der Waals surface area contributed by atoms with Gasteiger partial charge in [0.2, 0.25) is 0 Å². The molecule has 0 saturated heterocycles. The number of fused-ring (bicyclic) bond motifs is 1. The lowest BCUT2D eigenvalue weighted by Crippen LogP contribution is -2.33. The Kier molecular flexibility index (Phi) is 4.59. The molecule has 3 heterocycles. The van der Waals surface area contributed by atoms with Crippen molar-refractivity contribution in [2.75, 3.05) is 0 Å². The van der Waals surface area contributed by atoms with E-state index in [0.717, 1.165) is 62.6 Å². The summed E-state index contributed by atoms with van der Waals surface area (Å²) in [4.78, 5) is 13.3. The molecule has 0 spiro atoms. The third-order valence-corrected chi connectivity index (χ3v) is 7.20. The van der Waals surface area contributed by atoms with Gasteiger partial charge < -0.3 is 14.6 Å². The highest BCUT2D eigenvalue weighted by Crippen LogP contribution is 2.44. The Hall–Kier alpha value is -2.39. The summed E-state index contributed by atoms with van der Waals surface area (Å²) in [6.45, 7) is 0. The van der Waals surface area contributed by atoms with Gasteiger partial charge in [-0.05, 0) is 48.6 Å². The number of hydrogen-bond acceptors (Lipinski definition) is 6. The van der Waals surface area contributed by atoms with E-state index in [4.69, 9.17) is 0 Å². The van der Waals surface area contributed by atoms with Crippen molar-refractivity contribution >= 4 is 33.5 Å². The molecule has 1 saturated carbocycles. The van der Waals surface area contributed by atoms with E-state index >= 15 is 0 Å². The summed E-state index contributed by atoms with van der Waals surface area (Å²) in [6, 6.07) is 11.5. The zero-order valence-electron chi connectivity index (χ0n) is 15.4. The minimum absolute atomic E-state index is 0.00980. The number of nitrogens with zero attached hydrogens (tertiary/aromatic N) is 2. The van der Waals surface area contributed by atoms with E-state index in [-0.39, 0.29) is 5.75 Å². The van der Waals surface area contributed by atoms with E-state index in [9.17, 15) is 13.9 Å². The molecule has 0 amide bonds. The van der Waals surface area contributed by atoms with E-state index in [1.807, 2.05) is 36.5 Å². The number of hydrogen-bond donors (Lipinski definition) is 2. The van der Waals surface area contributed by atoms with Crippen LogP contribution in [0.15, 0.2) is 48.8 Å². The first-order chi connectivity index (χ1) is 14.0. The molecule has 1 aliphatic rings. The summed E-state index contributed by atoms with van der Waals surface area (Å²) in [5.41, 5.74) is 3.53. The second-order valence-corrected chi connectivity index (χ2v) is 9.29. The number of aromatic amines is 1. The Labute approximate surface area is 174 Å². The van der Waals surface area contributed by atoms with Gasteiger partial charge in [-0.1, -0.05) is 29.3 Å². The number of aliphatic hydroxyl groups is 1. The number of aromatic nitrogens is 3. The van der Waals surface area contributed by atoms with Gasteiger partial charge in [-0.25, -0.2) is 9.97 Å². The molecule has 3 aromatic heterocycles. The van der Waals surface area contributed by atoms with E-state index < -0.39 is 16.7 Å². The van der Waals surface area contributed by atoms with Crippen molar-refractivity contribution in [2.24, 2.45) is 0 Å². The van der Waals surface area contributed by atoms with Crippen molar-refractivity contribution in [3.05, 3.63) is 59.4 Å². The lowest BCUT2D eigenvalue weighted by molar-refractivity contribution is -0.0389. The van der Waals surface area contributed by atoms with Crippen molar-refractivity contribution in [3.8, 4) is 21.7 Å². The van der Waals surface area contributed by atoms with Gasteiger partial charge in [0.1, 0.15) is 16.3 Å². The molecule has 1 aliphatic carbocycles. The fourth-order valence-electron chi connectivity index (χ4n) is 3.70. The van der Waals surface area contributed by atoms with Gasteiger partial charge in [0.15, 0.2) is 0 Å². The molecular formula is C21H18N3O3S2-. The van der Waals surface area contributed by atoms with Crippen LogP contribution < -0.4 is 0 Å². The maximum Gasteiger partial charge on any atom is 0.138 e. The number of nitrogens with one attached hydrogen (secondary N) is 1. The first-order valence-electron chi connectivity index (χ1n) is 9.34. The van der Waals surface area contributed by atoms with Crippen LogP contribution in [0.5, 0.6) is 0 Å². The van der Waals surface area contributed by atoms with Crippen LogP contribution in [0.25, 0.3) is 32.7 Å². The first-order valence-corrected chi connectivity index (χ1v) is 11.4. The highest BCUT2D eigenvalue weighted by atomic mass is 32.2. The predicted octanol–water partition coefficient (Wildman–Crippen LogP) is 4.10. The Bertz CT molecular complexity index is 1230. The molecule has 5 rings (SSSR count). The van der Waals surface area contributed by atoms with Crippen molar-refractivity contribution in [2.45, 2.75) is 30.6 Å². The molecule has 0 bridgehead atoms. The molecule has 1 fully saturated rings. The van der Waals surface area contributed by atoms with E-state index in [2.05, 4.69) is 15.0 Å². The normalized spacial score (nSPS) is 16.6. The van der Waals surface area contributed by atoms with Gasteiger partial charge >= 0.3 is 0 Å². The van der Waals surface area contributed by atoms with Gasteiger partial charge in [-0.15, -0.1) is 11.3 Å². The number of benzene rings is 1. The Morgan fingerprint density at radius 3 is 2.86 bits per heavy atom. The zero-order chi connectivity index (χ0) is 20.0. The minimum Gasteiger partial charge on any atom is -0.772 e. The second kappa shape index (κ2) is 7.14. The molecule has 4 aromatic rings. The summed E-state index contributed by atoms with van der Waals surface area (Å²) in [7, 11) is 0. The summed E-state index contributed by atoms with van der Waals surface area (Å²) in [5, 5.41) is 12.3. The fraction of sp³-hybridized carbons (Fsp3) is 0.238. The van der Waals surface area contributed by atoms with Gasteiger partial charge in [-0.3, -0.25) is 4.21 Å². The molecule has 0 radical (unpaired) electrons. The van der Waals surface area contributed by atoms with Crippen LogP contribution in [0.4, 0.5) is 0 Å². The molecule has 1 aromatic carbocycles. The smallest absolute Gasteiger partial charge is 0.138 e. The van der Waals surface area contributed by atoms with Crippen LogP contribution in [0.2, 0.25) is 0 Å². The Balaban J connectivity index is 1.55. The second-order valence-electron chi connectivity index (χ2n) is 7.37. The van der Waals surface area contributed by atoms with Crippen LogP contribution >= 0.6 is 11.3 Å². The van der Waals surface area contributed by atoms with Crippen LogP contribution in [-0.2, 0) is 22.4 Å². The van der Waals surface area contributed by atoms with Gasteiger partial charge in [0.05, 0.1) is 4.88 Å². The molecule has 0 aliphatic heterocycles. The maximum atomic E-state index is 11.0. The Morgan fingerprint density at radius 1 is 1.24 bits per heavy atom. The minimum atomic E-state index is -2.12. The van der Waals surface area contributed by atoms with Crippen molar-refractivity contribution < 1.29 is 13.9 Å². The van der Waals surface area contributed by atoms with Gasteiger partial charge in [-0.2, -0.15) is 0 Å². The van der Waals surface area contributed by atoms with Crippen molar-refractivity contribution in [1.29, 1.82) is 0 Å². The number of rotatable bonds is 5. The fourth-order valence-corrected chi connectivity index (χ4v) is 5.25. The SMILES string of the molecule is O=S([O-])Cc1cccc(-c2cc3c(-c4cnc(C5(O)CCC5)s4)ccnc3[nH]2)c1. The molecule has 1 atom stereocenters. The Morgan fingerprint density at radius 2 is 2.10 bits per heavy atom. The molecule has 8 heteroatoms. The van der Waals surface area contributed by atoms with E-state index in [0.29, 0.717) is 0 Å². The van der Waals surface area contributed by atoms with Crippen LogP contribution in [0, 0.1) is 0 Å². The van der Waals surface area contributed by atoms with Gasteiger partial charge in [0, 0.05) is 34.8 Å². The van der Waals surface area contributed by atoms with Crippen LogP contribution in [0.1, 0.15) is 29.8 Å². The van der Waals surface area contributed by atoms with Gasteiger partial charge in [0.25, 0.3) is 0 Å². The van der Waals surface area contributed by atoms with Crippen LogP contribution in [-0.4, -0.2) is 28.8 Å². The third-order valence-electron chi connectivity index (χ3n) is 5.40. The molecular weight excluding hydrogens is 406 g/mol. The standard InChI is InChI=1S/C21H19N3O3S2/c25-21(6-2-7-21)20-23-11-18(28-20)15-5-8-22-19-16(15)10-17(24-19)14-4-1-3-13(9-14)12-29(26)27/h1,3-5,8-11,25H,2,6-7,12H2,(H,22,24)(H,26,27)/p-1. The topological polar surface area (TPSA) is 102 Å². The molecule has 29 heavy (non-hydrogen) atoms. The lowest BCUT2D eigenvalue weighted by Gasteiger charge is -2.34. The van der Waals surface area contributed by atoms with Crippen molar-refractivity contribution in [1.82, 2.24) is 15.0 Å². The molecule has 6 nitrogen and oxygen atoms in total. The summed E-state index contributed by atoms with van der Waals surface area (Å²) in [5.74, 6) is -0.00980. The number of H-pyrrole nitrogens is 1. The largest absolute Gasteiger partial charge is 0.772 e. The van der Waals surface area contributed by atoms with Crippen molar-refractivity contribution in [3.63, 3.8) is 0 Å². The average Bonchev–Trinajstić information content (AvgIpc) is 3.33. The van der Waals surface area contributed by atoms with E-state index in [1.165, 1.54) is 11.3 Å². The maximum absolute atomic E-state index is 11.0. The molecule has 2 N–H and O–H groups in total. The highest BCUT2D eigenvalue weighted by molar-refractivity contribution is 7.78. The zero-order valence-corrected chi connectivity index (χ0v) is 17.1. The van der Waals surface area contributed by atoms with E-state index in [1.54, 1.807) is 12.3 Å². The molecule has 148 valence electrons. The number of pyridine rings is 1. The summed E-state index contributed by atoms with van der Waals surface area (Å²) >= 11 is -0.598. The summed E-state index contributed by atoms with van der Waals surface area (Å²) in [6.07, 6.45) is 6.15. The number of thiazole rings is 1. The average molecular weight is 425 g/mol.